The quantitative estimate of drug-likeness (QED) is 0.725. The van der Waals surface area contributed by atoms with Gasteiger partial charge in [0.25, 0.3) is 0 Å². The Morgan fingerprint density at radius 3 is 2.85 bits per heavy atom. The molecule has 5 nitrogen and oxygen atoms in total. The normalized spacial score (nSPS) is 17.7. The van der Waals surface area contributed by atoms with Gasteiger partial charge < -0.3 is 9.64 Å². The van der Waals surface area contributed by atoms with Crippen molar-refractivity contribution in [1.82, 2.24) is 14.9 Å². The van der Waals surface area contributed by atoms with Crippen molar-refractivity contribution in [2.45, 2.75) is 45.1 Å². The molecule has 0 saturated carbocycles. The number of piperidine rings is 1. The molecule has 1 aliphatic rings. The molecule has 1 aliphatic heterocycles. The van der Waals surface area contributed by atoms with Crippen molar-refractivity contribution < 1.29 is 9.53 Å². The molecule has 0 amide bonds. The van der Waals surface area contributed by atoms with E-state index in [0.29, 0.717) is 23.4 Å². The molecule has 1 aromatic carbocycles. The molecule has 6 heteroatoms. The second kappa shape index (κ2) is 9.29. The third-order valence-corrected chi connectivity index (χ3v) is 5.21. The van der Waals surface area contributed by atoms with Gasteiger partial charge in [-0.3, -0.25) is 14.8 Å². The summed E-state index contributed by atoms with van der Waals surface area (Å²) in [6.45, 7) is 3.61. The zero-order valence-electron chi connectivity index (χ0n) is 15.9. The van der Waals surface area contributed by atoms with Crippen molar-refractivity contribution in [2.75, 3.05) is 20.2 Å². The number of hydrogen-bond donors (Lipinski definition) is 0. The Balaban J connectivity index is 1.64. The van der Waals surface area contributed by atoms with Crippen LogP contribution in [0, 0.1) is 6.92 Å². The minimum absolute atomic E-state index is 0.0649. The Kier molecular flexibility index (Phi) is 6.80. The van der Waals surface area contributed by atoms with Gasteiger partial charge in [0.15, 0.2) is 0 Å². The van der Waals surface area contributed by atoms with E-state index in [2.05, 4.69) is 21.9 Å². The van der Waals surface area contributed by atoms with Gasteiger partial charge in [0.1, 0.15) is 18.1 Å². The predicted octanol–water partition coefficient (Wildman–Crippen LogP) is 3.66. The zero-order chi connectivity index (χ0) is 19.2. The van der Waals surface area contributed by atoms with Crippen molar-refractivity contribution in [3.63, 3.8) is 0 Å². The summed E-state index contributed by atoms with van der Waals surface area (Å²) >= 11 is 6.15. The van der Waals surface area contributed by atoms with Crippen molar-refractivity contribution in [1.29, 1.82) is 0 Å². The average molecular weight is 388 g/mol. The van der Waals surface area contributed by atoms with Crippen molar-refractivity contribution >= 4 is 17.4 Å². The van der Waals surface area contributed by atoms with Crippen LogP contribution in [0.4, 0.5) is 0 Å². The van der Waals surface area contributed by atoms with Gasteiger partial charge in [-0.2, -0.15) is 0 Å². The van der Waals surface area contributed by atoms with E-state index in [-0.39, 0.29) is 18.6 Å². The summed E-state index contributed by atoms with van der Waals surface area (Å²) in [7, 11) is 2.14. The number of carbonyl (C=O) groups is 1. The maximum absolute atomic E-state index is 12.5. The van der Waals surface area contributed by atoms with Crippen LogP contribution in [0.2, 0.25) is 5.02 Å². The highest BCUT2D eigenvalue weighted by Gasteiger charge is 2.20. The standard InChI is InChI=1S/C21H26ClN3O2/c1-15-12-24-18(13-23-15)11-20(26)10-16-9-17(22)6-7-21(16)27-14-19-5-3-4-8-25(19)2/h6-7,9,12-13,19H,3-5,8,10-11,14H2,1-2H3. The number of benzene rings is 1. The molecular formula is C21H26ClN3O2. The van der Waals surface area contributed by atoms with E-state index in [1.807, 2.05) is 19.1 Å². The van der Waals surface area contributed by atoms with Crippen molar-refractivity contribution in [3.8, 4) is 5.75 Å². The van der Waals surface area contributed by atoms with Gasteiger partial charge in [0.05, 0.1) is 17.8 Å². The highest BCUT2D eigenvalue weighted by Crippen LogP contribution is 2.25. The number of Topliss-reactive ketones (excluding diaryl/α,β-unsaturated/α-hetero) is 1. The lowest BCUT2D eigenvalue weighted by atomic mass is 10.0. The number of aromatic nitrogens is 2. The number of likely N-dealkylation sites (tertiary alicyclic amines) is 1. The summed E-state index contributed by atoms with van der Waals surface area (Å²) in [5.74, 6) is 0.803. The summed E-state index contributed by atoms with van der Waals surface area (Å²) in [4.78, 5) is 23.3. The Morgan fingerprint density at radius 1 is 1.26 bits per heavy atom. The molecular weight excluding hydrogens is 362 g/mol. The lowest BCUT2D eigenvalue weighted by Crippen LogP contribution is -2.40. The fourth-order valence-corrected chi connectivity index (χ4v) is 3.55. The molecule has 1 aromatic heterocycles. The van der Waals surface area contributed by atoms with Crippen LogP contribution in [0.15, 0.2) is 30.6 Å². The molecule has 3 rings (SSSR count). The van der Waals surface area contributed by atoms with Gasteiger partial charge in [-0.25, -0.2) is 0 Å². The number of nitrogens with zero attached hydrogens (tertiary/aromatic N) is 3. The van der Waals surface area contributed by atoms with E-state index < -0.39 is 0 Å². The fourth-order valence-electron chi connectivity index (χ4n) is 3.36. The Morgan fingerprint density at radius 2 is 2.11 bits per heavy atom. The third kappa shape index (κ3) is 5.75. The molecule has 1 saturated heterocycles. The number of ether oxygens (including phenoxy) is 1. The first-order chi connectivity index (χ1) is 13.0. The molecule has 0 N–H and O–H groups in total. The smallest absolute Gasteiger partial charge is 0.143 e. The largest absolute Gasteiger partial charge is 0.492 e. The van der Waals surface area contributed by atoms with E-state index in [1.165, 1.54) is 12.8 Å². The zero-order valence-corrected chi connectivity index (χ0v) is 16.7. The van der Waals surface area contributed by atoms with Gasteiger partial charge >= 0.3 is 0 Å². The molecule has 1 fully saturated rings. The molecule has 27 heavy (non-hydrogen) atoms. The maximum atomic E-state index is 12.5. The first-order valence-corrected chi connectivity index (χ1v) is 9.80. The van der Waals surface area contributed by atoms with E-state index in [9.17, 15) is 4.79 Å². The lowest BCUT2D eigenvalue weighted by Gasteiger charge is -2.32. The summed E-state index contributed by atoms with van der Waals surface area (Å²) in [6.07, 6.45) is 7.48. The van der Waals surface area contributed by atoms with Crippen LogP contribution in [0.1, 0.15) is 36.2 Å². The van der Waals surface area contributed by atoms with E-state index in [4.69, 9.17) is 16.3 Å². The Hall–Kier alpha value is -1.98. The predicted molar refractivity (Wildman–Crippen MR) is 106 cm³/mol. The van der Waals surface area contributed by atoms with Gasteiger partial charge in [-0.05, 0) is 51.6 Å². The highest BCUT2D eigenvalue weighted by molar-refractivity contribution is 6.30. The molecule has 2 aromatic rings. The van der Waals surface area contributed by atoms with E-state index in [1.54, 1.807) is 18.5 Å². The van der Waals surface area contributed by atoms with Crippen LogP contribution >= 0.6 is 11.6 Å². The summed E-state index contributed by atoms with van der Waals surface area (Å²) in [5, 5.41) is 0.607. The van der Waals surface area contributed by atoms with Gasteiger partial charge in [0, 0.05) is 35.4 Å². The monoisotopic (exact) mass is 387 g/mol. The molecule has 144 valence electrons. The van der Waals surface area contributed by atoms with Gasteiger partial charge in [-0.15, -0.1) is 0 Å². The van der Waals surface area contributed by atoms with E-state index >= 15 is 0 Å². The Bertz CT molecular complexity index is 779. The molecule has 0 spiro atoms. The maximum Gasteiger partial charge on any atom is 0.143 e. The summed E-state index contributed by atoms with van der Waals surface area (Å²) in [5.41, 5.74) is 2.34. The van der Waals surface area contributed by atoms with Crippen LogP contribution in [-0.4, -0.2) is 46.9 Å². The second-order valence-electron chi connectivity index (χ2n) is 7.23. The number of carbonyl (C=O) groups excluding carboxylic acids is 1. The summed E-state index contributed by atoms with van der Waals surface area (Å²) < 4.78 is 6.09. The number of likely N-dealkylation sites (N-methyl/N-ethyl adjacent to an activating group) is 1. The first kappa shape index (κ1) is 19.8. The Labute approximate surface area is 165 Å². The van der Waals surface area contributed by atoms with Crippen molar-refractivity contribution in [2.24, 2.45) is 0 Å². The minimum Gasteiger partial charge on any atom is -0.492 e. The van der Waals surface area contributed by atoms with Crippen LogP contribution < -0.4 is 4.74 Å². The molecule has 2 heterocycles. The van der Waals surface area contributed by atoms with Gasteiger partial charge in [0.2, 0.25) is 0 Å². The number of halogens is 1. The number of ketones is 1. The highest BCUT2D eigenvalue weighted by atomic mass is 35.5. The van der Waals surface area contributed by atoms with Crippen LogP contribution in [0.3, 0.4) is 0 Å². The summed E-state index contributed by atoms with van der Waals surface area (Å²) in [6, 6.07) is 5.90. The van der Waals surface area contributed by atoms with Crippen LogP contribution in [0.25, 0.3) is 0 Å². The molecule has 1 unspecified atom stereocenters. The van der Waals surface area contributed by atoms with Crippen LogP contribution in [0.5, 0.6) is 5.75 Å². The number of rotatable bonds is 7. The molecule has 1 atom stereocenters. The molecule has 0 aliphatic carbocycles. The fraction of sp³-hybridized carbons (Fsp3) is 0.476. The topological polar surface area (TPSA) is 55.3 Å². The SMILES string of the molecule is Cc1cnc(CC(=O)Cc2cc(Cl)ccc2OCC2CCCCN2C)cn1. The number of aryl methyl sites for hydroxylation is 1. The lowest BCUT2D eigenvalue weighted by molar-refractivity contribution is -0.117. The van der Waals surface area contributed by atoms with Gasteiger partial charge in [-0.1, -0.05) is 18.0 Å². The van der Waals surface area contributed by atoms with E-state index in [0.717, 1.165) is 30.0 Å². The molecule has 0 radical (unpaired) electrons. The third-order valence-electron chi connectivity index (χ3n) is 4.98. The van der Waals surface area contributed by atoms with Crippen molar-refractivity contribution in [3.05, 3.63) is 52.6 Å². The van der Waals surface area contributed by atoms with Crippen LogP contribution in [-0.2, 0) is 17.6 Å². The number of hydrogen-bond acceptors (Lipinski definition) is 5. The second-order valence-corrected chi connectivity index (χ2v) is 7.67. The minimum atomic E-state index is 0.0649. The molecule has 0 bridgehead atoms. The average Bonchev–Trinajstić information content (AvgIpc) is 2.64. The first-order valence-electron chi connectivity index (χ1n) is 9.42.